The van der Waals surface area contributed by atoms with E-state index in [9.17, 15) is 8.78 Å². The molecule has 1 aromatic carbocycles. The molecule has 0 spiro atoms. The SMILES string of the molecule is CC1(C)CN(c2cc(F)c(F)c3occc23)[C@@H]2CCCC[C@@H]2N1.Cl. The predicted molar refractivity (Wildman–Crippen MR) is 94.0 cm³/mol. The van der Waals surface area contributed by atoms with Crippen molar-refractivity contribution in [3.8, 4) is 0 Å². The molecule has 132 valence electrons. The molecule has 1 N–H and O–H groups in total. The van der Waals surface area contributed by atoms with Gasteiger partial charge in [-0.25, -0.2) is 4.39 Å². The number of nitrogens with zero attached hydrogens (tertiary/aromatic N) is 1. The lowest BCUT2D eigenvalue weighted by molar-refractivity contribution is 0.199. The van der Waals surface area contributed by atoms with E-state index in [1.165, 1.54) is 25.2 Å². The summed E-state index contributed by atoms with van der Waals surface area (Å²) in [4.78, 5) is 2.26. The van der Waals surface area contributed by atoms with Gasteiger partial charge in [-0.2, -0.15) is 4.39 Å². The van der Waals surface area contributed by atoms with E-state index in [1.807, 2.05) is 0 Å². The Bertz CT molecular complexity index is 746. The van der Waals surface area contributed by atoms with Gasteiger partial charge in [0.1, 0.15) is 0 Å². The molecule has 1 aliphatic carbocycles. The zero-order valence-corrected chi connectivity index (χ0v) is 14.8. The topological polar surface area (TPSA) is 28.4 Å². The average molecular weight is 357 g/mol. The lowest BCUT2D eigenvalue weighted by atomic mass is 9.83. The molecule has 6 heteroatoms. The van der Waals surface area contributed by atoms with Gasteiger partial charge < -0.3 is 14.6 Å². The molecule has 3 nitrogen and oxygen atoms in total. The van der Waals surface area contributed by atoms with Crippen LogP contribution in [0.5, 0.6) is 0 Å². The van der Waals surface area contributed by atoms with E-state index < -0.39 is 11.6 Å². The molecule has 1 aliphatic heterocycles. The van der Waals surface area contributed by atoms with Gasteiger partial charge in [-0.1, -0.05) is 12.8 Å². The second kappa shape index (κ2) is 6.19. The van der Waals surface area contributed by atoms with Crippen molar-refractivity contribution in [1.29, 1.82) is 0 Å². The summed E-state index contributed by atoms with van der Waals surface area (Å²) in [5.74, 6) is -1.74. The van der Waals surface area contributed by atoms with Crippen LogP contribution in [-0.4, -0.2) is 24.2 Å². The third kappa shape index (κ3) is 2.78. The van der Waals surface area contributed by atoms with Crippen LogP contribution < -0.4 is 10.2 Å². The fourth-order valence-electron chi connectivity index (χ4n) is 4.30. The Morgan fingerprint density at radius 3 is 2.79 bits per heavy atom. The maximum Gasteiger partial charge on any atom is 0.202 e. The van der Waals surface area contributed by atoms with Crippen LogP contribution >= 0.6 is 12.4 Å². The van der Waals surface area contributed by atoms with Crippen molar-refractivity contribution in [2.24, 2.45) is 0 Å². The largest absolute Gasteiger partial charge is 0.461 e. The second-order valence-electron chi connectivity index (χ2n) is 7.47. The quantitative estimate of drug-likeness (QED) is 0.807. The summed E-state index contributed by atoms with van der Waals surface area (Å²) in [6.45, 7) is 5.09. The standard InChI is InChI=1S/C18H22F2N2O.ClH/c1-18(2)10-22(14-6-4-3-5-13(14)21-18)15-9-12(19)16(20)17-11(15)7-8-23-17;/h7-9,13-14,21H,3-6,10H2,1-2H3;1H/t13-,14+;/m0./s1. The highest BCUT2D eigenvalue weighted by Crippen LogP contribution is 2.38. The monoisotopic (exact) mass is 356 g/mol. The number of hydrogen-bond acceptors (Lipinski definition) is 3. The maximum absolute atomic E-state index is 14.1. The Morgan fingerprint density at radius 1 is 1.25 bits per heavy atom. The fraction of sp³-hybridized carbons (Fsp3) is 0.556. The van der Waals surface area contributed by atoms with Gasteiger partial charge in [-0.15, -0.1) is 12.4 Å². The number of piperazine rings is 1. The Kier molecular flexibility index (Phi) is 4.51. The first-order valence-corrected chi connectivity index (χ1v) is 8.36. The highest BCUT2D eigenvalue weighted by Gasteiger charge is 2.41. The van der Waals surface area contributed by atoms with Crippen molar-refractivity contribution in [3.63, 3.8) is 0 Å². The molecule has 0 radical (unpaired) electrons. The first-order valence-electron chi connectivity index (χ1n) is 8.36. The molecule has 1 aromatic heterocycles. The number of rotatable bonds is 1. The van der Waals surface area contributed by atoms with Crippen molar-refractivity contribution in [2.45, 2.75) is 57.2 Å². The predicted octanol–water partition coefficient (Wildman–Crippen LogP) is 4.63. The van der Waals surface area contributed by atoms with Crippen molar-refractivity contribution >= 4 is 29.1 Å². The normalized spacial score (nSPS) is 26.1. The van der Waals surface area contributed by atoms with Crippen LogP contribution in [0, 0.1) is 11.6 Å². The van der Waals surface area contributed by atoms with E-state index in [4.69, 9.17) is 4.42 Å². The van der Waals surface area contributed by atoms with E-state index in [1.54, 1.807) is 6.07 Å². The van der Waals surface area contributed by atoms with Crippen LogP contribution in [0.4, 0.5) is 14.5 Å². The molecular formula is C18H23ClF2N2O. The molecule has 2 aliphatic rings. The Balaban J connectivity index is 0.00000169. The minimum absolute atomic E-state index is 0. The Morgan fingerprint density at radius 2 is 2.00 bits per heavy atom. The smallest absolute Gasteiger partial charge is 0.202 e. The van der Waals surface area contributed by atoms with Crippen molar-refractivity contribution in [1.82, 2.24) is 5.32 Å². The highest BCUT2D eigenvalue weighted by atomic mass is 35.5. The van der Waals surface area contributed by atoms with Gasteiger partial charge in [0.15, 0.2) is 11.4 Å². The molecule has 2 aromatic rings. The van der Waals surface area contributed by atoms with Gasteiger partial charge in [0.25, 0.3) is 0 Å². The minimum Gasteiger partial charge on any atom is -0.461 e. The lowest BCUT2D eigenvalue weighted by Gasteiger charge is -2.52. The third-order valence-electron chi connectivity index (χ3n) is 5.19. The first-order chi connectivity index (χ1) is 11.0. The highest BCUT2D eigenvalue weighted by molar-refractivity contribution is 5.92. The van der Waals surface area contributed by atoms with Crippen LogP contribution in [0.15, 0.2) is 22.8 Å². The molecule has 0 bridgehead atoms. The zero-order chi connectivity index (χ0) is 16.2. The van der Waals surface area contributed by atoms with Crippen LogP contribution in [0.25, 0.3) is 11.0 Å². The van der Waals surface area contributed by atoms with Gasteiger partial charge in [-0.3, -0.25) is 0 Å². The number of anilines is 1. The van der Waals surface area contributed by atoms with Gasteiger partial charge in [-0.05, 0) is 32.8 Å². The van der Waals surface area contributed by atoms with Gasteiger partial charge >= 0.3 is 0 Å². The van der Waals surface area contributed by atoms with E-state index >= 15 is 0 Å². The lowest BCUT2D eigenvalue weighted by Crippen LogP contribution is -2.67. The molecule has 2 fully saturated rings. The Labute approximate surface area is 146 Å². The van der Waals surface area contributed by atoms with Crippen molar-refractivity contribution < 1.29 is 13.2 Å². The molecule has 24 heavy (non-hydrogen) atoms. The van der Waals surface area contributed by atoms with Gasteiger partial charge in [0, 0.05) is 35.6 Å². The van der Waals surface area contributed by atoms with Crippen LogP contribution in [-0.2, 0) is 0 Å². The van der Waals surface area contributed by atoms with E-state index in [0.29, 0.717) is 17.5 Å². The molecule has 2 atom stereocenters. The average Bonchev–Trinajstić information content (AvgIpc) is 2.99. The fourth-order valence-corrected chi connectivity index (χ4v) is 4.30. The third-order valence-corrected chi connectivity index (χ3v) is 5.19. The molecule has 4 rings (SSSR count). The molecule has 0 amide bonds. The zero-order valence-electron chi connectivity index (χ0n) is 13.9. The number of nitrogens with one attached hydrogen (secondary N) is 1. The molecule has 2 heterocycles. The first kappa shape index (κ1) is 17.5. The van der Waals surface area contributed by atoms with E-state index in [-0.39, 0.29) is 23.5 Å². The second-order valence-corrected chi connectivity index (χ2v) is 7.47. The molecule has 1 saturated heterocycles. The van der Waals surface area contributed by atoms with Crippen molar-refractivity contribution in [3.05, 3.63) is 30.0 Å². The van der Waals surface area contributed by atoms with Crippen LogP contribution in [0.3, 0.4) is 0 Å². The summed E-state index contributed by atoms with van der Waals surface area (Å²) in [7, 11) is 0. The number of furan rings is 1. The summed E-state index contributed by atoms with van der Waals surface area (Å²) in [6, 6.07) is 3.78. The van der Waals surface area contributed by atoms with Crippen LogP contribution in [0.1, 0.15) is 39.5 Å². The maximum atomic E-state index is 14.1. The number of benzene rings is 1. The summed E-state index contributed by atoms with van der Waals surface area (Å²) < 4.78 is 33.2. The van der Waals surface area contributed by atoms with Crippen LogP contribution in [0.2, 0.25) is 0 Å². The number of fused-ring (bicyclic) bond motifs is 2. The number of hydrogen-bond donors (Lipinski definition) is 1. The summed E-state index contributed by atoms with van der Waals surface area (Å²) in [5, 5.41) is 4.39. The van der Waals surface area contributed by atoms with Gasteiger partial charge in [0.05, 0.1) is 12.0 Å². The summed E-state index contributed by atoms with van der Waals surface area (Å²) in [6.07, 6.45) is 6.03. The Hall–Kier alpha value is -1.33. The molecule has 0 unspecified atom stereocenters. The summed E-state index contributed by atoms with van der Waals surface area (Å²) in [5.41, 5.74) is 0.696. The van der Waals surface area contributed by atoms with E-state index in [2.05, 4.69) is 24.1 Å². The minimum atomic E-state index is -0.900. The van der Waals surface area contributed by atoms with Crippen molar-refractivity contribution in [2.75, 3.05) is 11.4 Å². The van der Waals surface area contributed by atoms with E-state index in [0.717, 1.165) is 25.1 Å². The molecular weight excluding hydrogens is 334 g/mol. The number of halogens is 3. The molecule has 1 saturated carbocycles. The summed E-state index contributed by atoms with van der Waals surface area (Å²) >= 11 is 0. The van der Waals surface area contributed by atoms with Gasteiger partial charge in [0.2, 0.25) is 5.82 Å².